The highest BCUT2D eigenvalue weighted by molar-refractivity contribution is 4.92. The second kappa shape index (κ2) is 3.42. The molecule has 0 aliphatic carbocycles. The summed E-state index contributed by atoms with van der Waals surface area (Å²) < 4.78 is 7.14. The Morgan fingerprint density at radius 3 is 2.50 bits per heavy atom. The van der Waals surface area contributed by atoms with Crippen LogP contribution in [0.15, 0.2) is 24.5 Å². The van der Waals surface area contributed by atoms with Gasteiger partial charge in [-0.15, -0.1) is 0 Å². The smallest absolute Gasteiger partial charge is 0.0667 e. The van der Waals surface area contributed by atoms with Crippen LogP contribution in [0, 0.1) is 0 Å². The molecule has 0 aliphatic heterocycles. The lowest BCUT2D eigenvalue weighted by Gasteiger charge is -2.11. The first kappa shape index (κ1) is 7.35. The van der Waals surface area contributed by atoms with Crippen molar-refractivity contribution in [3.05, 3.63) is 24.5 Å². The lowest BCUT2D eigenvalue weighted by Crippen LogP contribution is -2.08. The van der Waals surface area contributed by atoms with Crippen molar-refractivity contribution >= 4 is 0 Å². The van der Waals surface area contributed by atoms with Gasteiger partial charge in [-0.25, -0.2) is 0 Å². The van der Waals surface area contributed by atoms with Gasteiger partial charge in [0.25, 0.3) is 0 Å². The molecular formula is C8H13NO. The van der Waals surface area contributed by atoms with Gasteiger partial charge in [-0.05, 0) is 19.1 Å². The minimum Gasteiger partial charge on any atom is -0.383 e. The highest BCUT2D eigenvalue weighted by Crippen LogP contribution is 2.04. The molecule has 0 spiro atoms. The Morgan fingerprint density at radius 2 is 2.00 bits per heavy atom. The van der Waals surface area contributed by atoms with Gasteiger partial charge in [0, 0.05) is 19.5 Å². The van der Waals surface area contributed by atoms with Crippen LogP contribution in [0.2, 0.25) is 0 Å². The average Bonchev–Trinajstić information content (AvgIpc) is 2.38. The largest absolute Gasteiger partial charge is 0.383 e. The van der Waals surface area contributed by atoms with Gasteiger partial charge in [0.1, 0.15) is 0 Å². The van der Waals surface area contributed by atoms with Crippen LogP contribution in [-0.4, -0.2) is 18.3 Å². The molecule has 0 amide bonds. The summed E-state index contributed by atoms with van der Waals surface area (Å²) in [6, 6.07) is 4.48. The van der Waals surface area contributed by atoms with E-state index >= 15 is 0 Å². The SMILES string of the molecule is COC[C@@H](C)n1cccc1. The molecule has 0 fully saturated rings. The van der Waals surface area contributed by atoms with Gasteiger partial charge >= 0.3 is 0 Å². The van der Waals surface area contributed by atoms with E-state index in [-0.39, 0.29) is 0 Å². The Kier molecular flexibility index (Phi) is 2.51. The first-order chi connectivity index (χ1) is 4.84. The van der Waals surface area contributed by atoms with Crippen LogP contribution in [-0.2, 0) is 4.74 Å². The molecule has 0 unspecified atom stereocenters. The molecule has 0 aromatic carbocycles. The van der Waals surface area contributed by atoms with E-state index in [1.165, 1.54) is 0 Å². The van der Waals surface area contributed by atoms with Crippen LogP contribution < -0.4 is 0 Å². The monoisotopic (exact) mass is 139 g/mol. The number of ether oxygens (including phenoxy) is 1. The van der Waals surface area contributed by atoms with E-state index in [1.54, 1.807) is 7.11 Å². The van der Waals surface area contributed by atoms with E-state index in [2.05, 4.69) is 11.5 Å². The molecule has 0 aliphatic rings. The molecule has 0 saturated carbocycles. The normalized spacial score (nSPS) is 13.4. The summed E-state index contributed by atoms with van der Waals surface area (Å²) in [6.45, 7) is 2.90. The maximum atomic E-state index is 5.01. The van der Waals surface area contributed by atoms with E-state index in [1.807, 2.05) is 24.5 Å². The Hall–Kier alpha value is -0.760. The van der Waals surface area contributed by atoms with Crippen molar-refractivity contribution in [1.29, 1.82) is 0 Å². The molecule has 0 bridgehead atoms. The standard InChI is InChI=1S/C8H13NO/c1-8(7-10-2)9-5-3-4-6-9/h3-6,8H,7H2,1-2H3/t8-/m1/s1. The summed E-state index contributed by atoms with van der Waals surface area (Å²) in [7, 11) is 1.72. The summed E-state index contributed by atoms with van der Waals surface area (Å²) in [5.74, 6) is 0. The van der Waals surface area contributed by atoms with Crippen molar-refractivity contribution in [2.75, 3.05) is 13.7 Å². The molecule has 0 saturated heterocycles. The summed E-state index contributed by atoms with van der Waals surface area (Å²) >= 11 is 0. The first-order valence-corrected chi connectivity index (χ1v) is 3.46. The molecule has 0 N–H and O–H groups in total. The molecule has 1 aromatic rings. The lowest BCUT2D eigenvalue weighted by atomic mass is 10.4. The van der Waals surface area contributed by atoms with E-state index in [9.17, 15) is 0 Å². The zero-order chi connectivity index (χ0) is 7.40. The zero-order valence-corrected chi connectivity index (χ0v) is 6.45. The molecular weight excluding hydrogens is 126 g/mol. The third-order valence-corrected chi connectivity index (χ3v) is 1.54. The Balaban J connectivity index is 2.50. The third-order valence-electron chi connectivity index (χ3n) is 1.54. The first-order valence-electron chi connectivity index (χ1n) is 3.46. The number of nitrogens with zero attached hydrogens (tertiary/aromatic N) is 1. The van der Waals surface area contributed by atoms with Gasteiger partial charge in [-0.2, -0.15) is 0 Å². The van der Waals surface area contributed by atoms with Crippen molar-refractivity contribution in [2.45, 2.75) is 13.0 Å². The number of methoxy groups -OCH3 is 1. The molecule has 0 radical (unpaired) electrons. The highest BCUT2D eigenvalue weighted by Gasteiger charge is 1.99. The van der Waals surface area contributed by atoms with E-state index in [0.717, 1.165) is 6.61 Å². The van der Waals surface area contributed by atoms with Crippen LogP contribution in [0.1, 0.15) is 13.0 Å². The molecule has 1 atom stereocenters. The third kappa shape index (κ3) is 1.61. The molecule has 2 heteroatoms. The Bertz CT molecular complexity index is 169. The number of rotatable bonds is 3. The fourth-order valence-electron chi connectivity index (χ4n) is 0.969. The second-order valence-corrected chi connectivity index (χ2v) is 2.43. The van der Waals surface area contributed by atoms with Crippen LogP contribution in [0.5, 0.6) is 0 Å². The van der Waals surface area contributed by atoms with Gasteiger partial charge in [0.2, 0.25) is 0 Å². The second-order valence-electron chi connectivity index (χ2n) is 2.43. The van der Waals surface area contributed by atoms with Crippen LogP contribution in [0.3, 0.4) is 0 Å². The lowest BCUT2D eigenvalue weighted by molar-refractivity contribution is 0.162. The molecule has 1 heterocycles. The van der Waals surface area contributed by atoms with Gasteiger partial charge in [-0.1, -0.05) is 0 Å². The van der Waals surface area contributed by atoms with Gasteiger partial charge in [0.05, 0.1) is 12.6 Å². The van der Waals surface area contributed by atoms with E-state index in [4.69, 9.17) is 4.74 Å². The average molecular weight is 139 g/mol. The van der Waals surface area contributed by atoms with Crippen LogP contribution in [0.25, 0.3) is 0 Å². The van der Waals surface area contributed by atoms with Crippen molar-refractivity contribution in [2.24, 2.45) is 0 Å². The van der Waals surface area contributed by atoms with Gasteiger partial charge in [0.15, 0.2) is 0 Å². The van der Waals surface area contributed by atoms with Crippen molar-refractivity contribution in [3.8, 4) is 0 Å². The van der Waals surface area contributed by atoms with Crippen molar-refractivity contribution in [1.82, 2.24) is 4.57 Å². The van der Waals surface area contributed by atoms with Crippen molar-refractivity contribution in [3.63, 3.8) is 0 Å². The van der Waals surface area contributed by atoms with E-state index < -0.39 is 0 Å². The minimum atomic E-state index is 0.444. The Morgan fingerprint density at radius 1 is 1.40 bits per heavy atom. The Labute approximate surface area is 61.4 Å². The topological polar surface area (TPSA) is 14.2 Å². The predicted molar refractivity (Wildman–Crippen MR) is 41.0 cm³/mol. The zero-order valence-electron chi connectivity index (χ0n) is 6.45. The minimum absolute atomic E-state index is 0.444. The highest BCUT2D eigenvalue weighted by atomic mass is 16.5. The number of aromatic nitrogens is 1. The predicted octanol–water partition coefficient (Wildman–Crippen LogP) is 1.70. The summed E-state index contributed by atoms with van der Waals surface area (Å²) in [6.07, 6.45) is 4.09. The van der Waals surface area contributed by atoms with Crippen LogP contribution >= 0.6 is 0 Å². The number of hydrogen-bond donors (Lipinski definition) is 0. The van der Waals surface area contributed by atoms with E-state index in [0.29, 0.717) is 6.04 Å². The van der Waals surface area contributed by atoms with Gasteiger partial charge in [-0.3, -0.25) is 0 Å². The fraction of sp³-hybridized carbons (Fsp3) is 0.500. The quantitative estimate of drug-likeness (QED) is 0.621. The number of hydrogen-bond acceptors (Lipinski definition) is 1. The molecule has 56 valence electrons. The molecule has 2 nitrogen and oxygen atoms in total. The fourth-order valence-corrected chi connectivity index (χ4v) is 0.969. The summed E-state index contributed by atoms with van der Waals surface area (Å²) in [4.78, 5) is 0. The maximum Gasteiger partial charge on any atom is 0.0667 e. The van der Waals surface area contributed by atoms with Crippen LogP contribution in [0.4, 0.5) is 0 Å². The molecule has 1 aromatic heterocycles. The summed E-state index contributed by atoms with van der Waals surface area (Å²) in [5, 5.41) is 0. The molecule has 1 rings (SSSR count). The summed E-state index contributed by atoms with van der Waals surface area (Å²) in [5.41, 5.74) is 0. The maximum absolute atomic E-state index is 5.01. The molecule has 10 heavy (non-hydrogen) atoms. The van der Waals surface area contributed by atoms with Gasteiger partial charge < -0.3 is 9.30 Å². The van der Waals surface area contributed by atoms with Crippen molar-refractivity contribution < 1.29 is 4.74 Å².